The molecule has 0 aliphatic heterocycles. The van der Waals surface area contributed by atoms with Gasteiger partial charge in [0.25, 0.3) is 0 Å². The Bertz CT molecular complexity index is 218. The second-order valence-electron chi connectivity index (χ2n) is 5.75. The third-order valence-electron chi connectivity index (χ3n) is 2.63. The molecule has 0 aromatic carbocycles. The van der Waals surface area contributed by atoms with Crippen LogP contribution in [0.2, 0.25) is 0 Å². The molecule has 0 saturated carbocycles. The summed E-state index contributed by atoms with van der Waals surface area (Å²) in [5, 5.41) is 2.87. The molecular weight excluding hydrogens is 228 g/mol. The van der Waals surface area contributed by atoms with Crippen molar-refractivity contribution >= 4 is 5.91 Å². The van der Waals surface area contributed by atoms with Crippen molar-refractivity contribution < 1.29 is 9.53 Å². The molecule has 0 heterocycles. The van der Waals surface area contributed by atoms with Gasteiger partial charge in [0, 0.05) is 19.6 Å². The standard InChI is InChI=1S/C14H30N2O2/c1-11(2)7-13(9-15)8-14(17)16-5-6-18-10-12(3)4/h11-13H,5-10,15H2,1-4H3,(H,16,17). The van der Waals surface area contributed by atoms with Crippen LogP contribution in [0.4, 0.5) is 0 Å². The molecule has 1 atom stereocenters. The lowest BCUT2D eigenvalue weighted by atomic mass is 9.94. The molecule has 1 amide bonds. The van der Waals surface area contributed by atoms with Gasteiger partial charge >= 0.3 is 0 Å². The Labute approximate surface area is 112 Å². The number of rotatable bonds is 10. The predicted molar refractivity (Wildman–Crippen MR) is 75.3 cm³/mol. The number of hydrogen-bond donors (Lipinski definition) is 2. The highest BCUT2D eigenvalue weighted by molar-refractivity contribution is 5.76. The SMILES string of the molecule is CC(C)COCCNC(=O)CC(CN)CC(C)C. The van der Waals surface area contributed by atoms with Crippen molar-refractivity contribution in [1.29, 1.82) is 0 Å². The van der Waals surface area contributed by atoms with E-state index in [1.807, 2.05) is 0 Å². The second kappa shape index (κ2) is 10.3. The molecular formula is C14H30N2O2. The summed E-state index contributed by atoms with van der Waals surface area (Å²) in [7, 11) is 0. The number of carbonyl (C=O) groups excluding carboxylic acids is 1. The first kappa shape index (κ1) is 17.4. The van der Waals surface area contributed by atoms with Crippen LogP contribution in [0.5, 0.6) is 0 Å². The number of nitrogens with one attached hydrogen (secondary N) is 1. The molecule has 108 valence electrons. The van der Waals surface area contributed by atoms with E-state index in [4.69, 9.17) is 10.5 Å². The minimum atomic E-state index is 0.0826. The first-order valence-electron chi connectivity index (χ1n) is 7.00. The number of amides is 1. The van der Waals surface area contributed by atoms with Crippen LogP contribution >= 0.6 is 0 Å². The summed E-state index contributed by atoms with van der Waals surface area (Å²) in [5.41, 5.74) is 5.67. The van der Waals surface area contributed by atoms with Crippen LogP contribution in [0.1, 0.15) is 40.5 Å². The Balaban J connectivity index is 3.62. The highest BCUT2D eigenvalue weighted by Gasteiger charge is 2.13. The molecule has 1 unspecified atom stereocenters. The van der Waals surface area contributed by atoms with Gasteiger partial charge in [0.15, 0.2) is 0 Å². The van der Waals surface area contributed by atoms with Crippen molar-refractivity contribution in [3.63, 3.8) is 0 Å². The summed E-state index contributed by atoms with van der Waals surface area (Å²) in [5.74, 6) is 1.50. The third-order valence-corrected chi connectivity index (χ3v) is 2.63. The Hall–Kier alpha value is -0.610. The zero-order valence-corrected chi connectivity index (χ0v) is 12.4. The van der Waals surface area contributed by atoms with Crippen LogP contribution in [0.25, 0.3) is 0 Å². The lowest BCUT2D eigenvalue weighted by molar-refractivity contribution is -0.122. The number of ether oxygens (including phenoxy) is 1. The molecule has 0 aliphatic rings. The quantitative estimate of drug-likeness (QED) is 0.587. The number of carbonyl (C=O) groups is 1. The molecule has 0 aromatic rings. The van der Waals surface area contributed by atoms with Crippen LogP contribution in [0.15, 0.2) is 0 Å². The molecule has 0 saturated heterocycles. The minimum Gasteiger partial charge on any atom is -0.379 e. The van der Waals surface area contributed by atoms with E-state index in [1.54, 1.807) is 0 Å². The summed E-state index contributed by atoms with van der Waals surface area (Å²) in [4.78, 5) is 11.7. The van der Waals surface area contributed by atoms with Gasteiger partial charge in [-0.25, -0.2) is 0 Å². The van der Waals surface area contributed by atoms with Gasteiger partial charge in [-0.05, 0) is 30.7 Å². The maximum Gasteiger partial charge on any atom is 0.220 e. The normalized spacial score (nSPS) is 13.1. The Kier molecular flexibility index (Phi) is 9.98. The summed E-state index contributed by atoms with van der Waals surface area (Å²) < 4.78 is 5.40. The van der Waals surface area contributed by atoms with Crippen LogP contribution in [0.3, 0.4) is 0 Å². The molecule has 18 heavy (non-hydrogen) atoms. The van der Waals surface area contributed by atoms with E-state index >= 15 is 0 Å². The van der Waals surface area contributed by atoms with Crippen molar-refractivity contribution in [3.8, 4) is 0 Å². The van der Waals surface area contributed by atoms with E-state index in [2.05, 4.69) is 33.0 Å². The van der Waals surface area contributed by atoms with Gasteiger partial charge in [-0.2, -0.15) is 0 Å². The largest absolute Gasteiger partial charge is 0.379 e. The topological polar surface area (TPSA) is 64.3 Å². The number of hydrogen-bond acceptors (Lipinski definition) is 3. The second-order valence-corrected chi connectivity index (χ2v) is 5.75. The molecule has 4 heteroatoms. The van der Waals surface area contributed by atoms with E-state index in [9.17, 15) is 4.79 Å². The lowest BCUT2D eigenvalue weighted by Gasteiger charge is -2.16. The summed E-state index contributed by atoms with van der Waals surface area (Å²) >= 11 is 0. The maximum atomic E-state index is 11.7. The van der Waals surface area contributed by atoms with Crippen molar-refractivity contribution in [2.75, 3.05) is 26.3 Å². The van der Waals surface area contributed by atoms with Gasteiger partial charge in [0.1, 0.15) is 0 Å². The highest BCUT2D eigenvalue weighted by Crippen LogP contribution is 2.13. The van der Waals surface area contributed by atoms with Gasteiger partial charge in [-0.3, -0.25) is 4.79 Å². The van der Waals surface area contributed by atoms with Crippen molar-refractivity contribution in [2.45, 2.75) is 40.5 Å². The molecule has 0 bridgehead atoms. The van der Waals surface area contributed by atoms with Crippen LogP contribution in [-0.4, -0.2) is 32.2 Å². The first-order valence-corrected chi connectivity index (χ1v) is 7.00. The van der Waals surface area contributed by atoms with Gasteiger partial charge in [0.05, 0.1) is 6.61 Å². The highest BCUT2D eigenvalue weighted by atomic mass is 16.5. The Morgan fingerprint density at radius 2 is 1.89 bits per heavy atom. The van der Waals surface area contributed by atoms with Crippen molar-refractivity contribution in [3.05, 3.63) is 0 Å². The third kappa shape index (κ3) is 10.5. The lowest BCUT2D eigenvalue weighted by Crippen LogP contribution is -2.31. The summed E-state index contributed by atoms with van der Waals surface area (Å²) in [6.45, 7) is 11.0. The molecule has 0 rings (SSSR count). The average molecular weight is 258 g/mol. The maximum absolute atomic E-state index is 11.7. The molecule has 0 fully saturated rings. The van der Waals surface area contributed by atoms with Crippen LogP contribution in [0, 0.1) is 17.8 Å². The van der Waals surface area contributed by atoms with Crippen LogP contribution < -0.4 is 11.1 Å². The Morgan fingerprint density at radius 1 is 1.22 bits per heavy atom. The van der Waals surface area contributed by atoms with Crippen LogP contribution in [-0.2, 0) is 9.53 Å². The molecule has 0 aliphatic carbocycles. The fraction of sp³-hybridized carbons (Fsp3) is 0.929. The summed E-state index contributed by atoms with van der Waals surface area (Å²) in [6.07, 6.45) is 1.53. The van der Waals surface area contributed by atoms with E-state index in [1.165, 1.54) is 0 Å². The minimum absolute atomic E-state index is 0.0826. The van der Waals surface area contributed by atoms with Crippen molar-refractivity contribution in [2.24, 2.45) is 23.5 Å². The molecule has 0 aromatic heterocycles. The van der Waals surface area contributed by atoms with Gasteiger partial charge in [-0.1, -0.05) is 27.7 Å². The first-order chi connectivity index (χ1) is 8.45. The van der Waals surface area contributed by atoms with E-state index in [-0.39, 0.29) is 5.91 Å². The average Bonchev–Trinajstić information content (AvgIpc) is 2.26. The van der Waals surface area contributed by atoms with Gasteiger partial charge in [-0.15, -0.1) is 0 Å². The fourth-order valence-corrected chi connectivity index (χ4v) is 1.85. The van der Waals surface area contributed by atoms with Gasteiger partial charge < -0.3 is 15.8 Å². The molecule has 0 spiro atoms. The Morgan fingerprint density at radius 3 is 2.39 bits per heavy atom. The smallest absolute Gasteiger partial charge is 0.220 e. The zero-order chi connectivity index (χ0) is 14.0. The van der Waals surface area contributed by atoms with E-state index in [0.717, 1.165) is 13.0 Å². The van der Waals surface area contributed by atoms with Gasteiger partial charge in [0.2, 0.25) is 5.91 Å². The summed E-state index contributed by atoms with van der Waals surface area (Å²) in [6, 6.07) is 0. The van der Waals surface area contributed by atoms with Crippen molar-refractivity contribution in [1.82, 2.24) is 5.32 Å². The molecule has 3 N–H and O–H groups in total. The molecule has 0 radical (unpaired) electrons. The van der Waals surface area contributed by atoms with E-state index in [0.29, 0.717) is 43.9 Å². The monoisotopic (exact) mass is 258 g/mol. The fourth-order valence-electron chi connectivity index (χ4n) is 1.85. The predicted octanol–water partition coefficient (Wildman–Crippen LogP) is 1.79. The van der Waals surface area contributed by atoms with E-state index < -0.39 is 0 Å². The zero-order valence-electron chi connectivity index (χ0n) is 12.4. The number of nitrogens with two attached hydrogens (primary N) is 1. The molecule has 4 nitrogen and oxygen atoms in total.